The molecule has 0 aliphatic heterocycles. The molecular formula is C2H3IN4. The molecule has 0 amide bonds. The second-order valence-corrected chi connectivity index (χ2v) is 1.65. The highest BCUT2D eigenvalue weighted by atomic mass is 127. The molecule has 5 heteroatoms. The molecule has 0 spiro atoms. The third-order valence-electron chi connectivity index (χ3n) is 0.514. The third-order valence-corrected chi connectivity index (χ3v) is 1.21. The first-order valence-electron chi connectivity index (χ1n) is 1.70. The molecule has 1 heterocycles. The van der Waals surface area contributed by atoms with E-state index in [-0.39, 0.29) is 0 Å². The van der Waals surface area contributed by atoms with Crippen molar-refractivity contribution in [3.63, 3.8) is 0 Å². The summed E-state index contributed by atoms with van der Waals surface area (Å²) in [5.41, 5.74) is 0. The van der Waals surface area contributed by atoms with E-state index in [1.54, 1.807) is 11.0 Å². The van der Waals surface area contributed by atoms with Gasteiger partial charge in [-0.05, 0) is 10.4 Å². The number of alkyl halides is 1. The molecular weight excluding hydrogens is 207 g/mol. The lowest BCUT2D eigenvalue weighted by Crippen LogP contribution is -1.90. The molecule has 4 nitrogen and oxygen atoms in total. The van der Waals surface area contributed by atoms with Crippen LogP contribution in [-0.2, 0) is 4.55 Å². The molecule has 0 saturated heterocycles. The molecule has 0 aliphatic carbocycles. The fraction of sp³-hybridized carbons (Fsp3) is 0.500. The zero-order chi connectivity index (χ0) is 5.11. The minimum Gasteiger partial charge on any atom is -0.223 e. The molecule has 1 rings (SSSR count). The number of nitrogens with zero attached hydrogens (tertiary/aromatic N) is 4. The highest BCUT2D eigenvalue weighted by molar-refractivity contribution is 14.1. The van der Waals surface area contributed by atoms with E-state index in [1.807, 2.05) is 0 Å². The summed E-state index contributed by atoms with van der Waals surface area (Å²) in [5.74, 6) is 0. The van der Waals surface area contributed by atoms with Crippen LogP contribution in [0, 0.1) is 0 Å². The topological polar surface area (TPSA) is 43.6 Å². The average molecular weight is 210 g/mol. The number of tetrazole rings is 1. The van der Waals surface area contributed by atoms with Crippen molar-refractivity contribution in [3.8, 4) is 0 Å². The van der Waals surface area contributed by atoms with Gasteiger partial charge in [-0.25, -0.2) is 4.68 Å². The number of hydrogen-bond acceptors (Lipinski definition) is 3. The van der Waals surface area contributed by atoms with Crippen molar-refractivity contribution >= 4 is 22.6 Å². The summed E-state index contributed by atoms with van der Waals surface area (Å²) < 4.78 is 2.45. The fourth-order valence-electron chi connectivity index (χ4n) is 0.235. The number of aromatic nitrogens is 4. The molecule has 1 aromatic heterocycles. The standard InChI is InChI=1S/C2H3IN4/c3-1-7-2-4-5-6-7/h2H,1H2. The Kier molecular flexibility index (Phi) is 1.55. The van der Waals surface area contributed by atoms with Crippen LogP contribution in [0.3, 0.4) is 0 Å². The normalized spacial score (nSPS) is 9.29. The Bertz CT molecular complexity index is 124. The summed E-state index contributed by atoms with van der Waals surface area (Å²) in [6.07, 6.45) is 1.58. The molecule has 0 N–H and O–H groups in total. The van der Waals surface area contributed by atoms with Gasteiger partial charge in [0.05, 0.1) is 4.55 Å². The van der Waals surface area contributed by atoms with Gasteiger partial charge in [-0.3, -0.25) is 0 Å². The van der Waals surface area contributed by atoms with Gasteiger partial charge in [0.1, 0.15) is 6.33 Å². The molecule has 0 unspecified atom stereocenters. The minimum atomic E-state index is 0.810. The van der Waals surface area contributed by atoms with Crippen molar-refractivity contribution in [2.24, 2.45) is 0 Å². The molecule has 0 bridgehead atoms. The number of halogens is 1. The molecule has 38 valence electrons. The van der Waals surface area contributed by atoms with Gasteiger partial charge in [0.25, 0.3) is 0 Å². The van der Waals surface area contributed by atoms with Gasteiger partial charge in [-0.1, -0.05) is 22.6 Å². The maximum atomic E-state index is 3.58. The van der Waals surface area contributed by atoms with Crippen molar-refractivity contribution < 1.29 is 0 Å². The Balaban J connectivity index is 2.76. The summed E-state index contributed by atoms with van der Waals surface area (Å²) >= 11 is 2.17. The first-order valence-corrected chi connectivity index (χ1v) is 3.23. The average Bonchev–Trinajstić information content (AvgIpc) is 2.14. The van der Waals surface area contributed by atoms with Gasteiger partial charge in [-0.2, -0.15) is 0 Å². The summed E-state index contributed by atoms with van der Waals surface area (Å²) in [7, 11) is 0. The van der Waals surface area contributed by atoms with Gasteiger partial charge in [0.15, 0.2) is 0 Å². The molecule has 7 heavy (non-hydrogen) atoms. The largest absolute Gasteiger partial charge is 0.223 e. The first-order chi connectivity index (χ1) is 3.43. The van der Waals surface area contributed by atoms with E-state index in [9.17, 15) is 0 Å². The summed E-state index contributed by atoms with van der Waals surface area (Å²) in [6, 6.07) is 0. The monoisotopic (exact) mass is 210 g/mol. The second-order valence-electron chi connectivity index (χ2n) is 0.969. The SMILES string of the molecule is ICn1cnnn1. The lowest BCUT2D eigenvalue weighted by molar-refractivity contribution is 0.710. The zero-order valence-corrected chi connectivity index (χ0v) is 5.61. The van der Waals surface area contributed by atoms with Crippen LogP contribution < -0.4 is 0 Å². The van der Waals surface area contributed by atoms with Crippen molar-refractivity contribution in [3.05, 3.63) is 6.33 Å². The molecule has 0 atom stereocenters. The van der Waals surface area contributed by atoms with Crippen molar-refractivity contribution in [2.75, 3.05) is 0 Å². The van der Waals surface area contributed by atoms with Crippen molar-refractivity contribution in [2.45, 2.75) is 4.55 Å². The van der Waals surface area contributed by atoms with Crippen LogP contribution in [0.25, 0.3) is 0 Å². The molecule has 0 aromatic carbocycles. The number of rotatable bonds is 1. The van der Waals surface area contributed by atoms with E-state index < -0.39 is 0 Å². The Hall–Kier alpha value is -0.200. The van der Waals surface area contributed by atoms with Crippen LogP contribution in [0.2, 0.25) is 0 Å². The van der Waals surface area contributed by atoms with E-state index in [4.69, 9.17) is 0 Å². The highest BCUT2D eigenvalue weighted by Crippen LogP contribution is 1.84. The van der Waals surface area contributed by atoms with E-state index in [2.05, 4.69) is 38.1 Å². The van der Waals surface area contributed by atoms with Gasteiger partial charge < -0.3 is 0 Å². The minimum absolute atomic E-state index is 0.810. The Labute approximate surface area is 54.0 Å². The van der Waals surface area contributed by atoms with Crippen LogP contribution in [0.1, 0.15) is 0 Å². The van der Waals surface area contributed by atoms with E-state index in [1.165, 1.54) is 0 Å². The van der Waals surface area contributed by atoms with E-state index >= 15 is 0 Å². The molecule has 0 fully saturated rings. The fourth-order valence-corrected chi connectivity index (χ4v) is 0.548. The van der Waals surface area contributed by atoms with Crippen molar-refractivity contribution in [1.29, 1.82) is 0 Å². The lowest BCUT2D eigenvalue weighted by atomic mass is 11.2. The summed E-state index contributed by atoms with van der Waals surface area (Å²) in [5, 5.41) is 10.4. The van der Waals surface area contributed by atoms with Gasteiger partial charge >= 0.3 is 0 Å². The van der Waals surface area contributed by atoms with Crippen LogP contribution in [0.4, 0.5) is 0 Å². The maximum Gasteiger partial charge on any atom is 0.139 e. The van der Waals surface area contributed by atoms with Crippen LogP contribution in [0.5, 0.6) is 0 Å². The van der Waals surface area contributed by atoms with E-state index in [0.29, 0.717) is 0 Å². The molecule has 1 aromatic rings. The van der Waals surface area contributed by atoms with Crippen LogP contribution >= 0.6 is 22.6 Å². The zero-order valence-electron chi connectivity index (χ0n) is 3.45. The Morgan fingerprint density at radius 1 is 1.71 bits per heavy atom. The number of hydrogen-bond donors (Lipinski definition) is 0. The quantitative estimate of drug-likeness (QED) is 0.486. The summed E-state index contributed by atoms with van der Waals surface area (Å²) in [4.78, 5) is 0. The third kappa shape index (κ3) is 1.08. The predicted octanol–water partition coefficient (Wildman–Crippen LogP) is 0.0656. The maximum absolute atomic E-state index is 3.58. The van der Waals surface area contributed by atoms with Gasteiger partial charge in [-0.15, -0.1) is 5.10 Å². The Morgan fingerprint density at radius 2 is 2.57 bits per heavy atom. The molecule has 0 aliphatic rings. The van der Waals surface area contributed by atoms with Gasteiger partial charge in [0.2, 0.25) is 0 Å². The molecule has 0 radical (unpaired) electrons. The van der Waals surface area contributed by atoms with Crippen LogP contribution in [0.15, 0.2) is 6.33 Å². The first kappa shape index (κ1) is 4.95. The predicted molar refractivity (Wildman–Crippen MR) is 31.8 cm³/mol. The van der Waals surface area contributed by atoms with E-state index in [0.717, 1.165) is 4.55 Å². The molecule has 0 saturated carbocycles. The second kappa shape index (κ2) is 2.20. The van der Waals surface area contributed by atoms with Gasteiger partial charge in [0, 0.05) is 0 Å². The smallest absolute Gasteiger partial charge is 0.139 e. The Morgan fingerprint density at radius 3 is 2.86 bits per heavy atom. The highest BCUT2D eigenvalue weighted by Gasteiger charge is 1.81. The lowest BCUT2D eigenvalue weighted by Gasteiger charge is -1.81. The summed E-state index contributed by atoms with van der Waals surface area (Å²) in [6.45, 7) is 0. The van der Waals surface area contributed by atoms with Crippen LogP contribution in [-0.4, -0.2) is 20.2 Å². The van der Waals surface area contributed by atoms with Crippen molar-refractivity contribution in [1.82, 2.24) is 20.2 Å².